The molecule has 35 atom stereocenters. The predicted molar refractivity (Wildman–Crippen MR) is 456 cm³/mol. The first-order chi connectivity index (χ1) is 66.2. The van der Waals surface area contributed by atoms with Crippen LogP contribution in [0.3, 0.4) is 0 Å². The van der Waals surface area contributed by atoms with Gasteiger partial charge in [0, 0.05) is 186 Å². The van der Waals surface area contributed by atoms with Crippen LogP contribution < -0.4 is 360 Å². The van der Waals surface area contributed by atoms with Crippen LogP contribution in [0.5, 0.6) is 0 Å². The second kappa shape index (κ2) is 77.0. The Morgan fingerprint density at radius 1 is 0.163 bits per heavy atom. The van der Waals surface area contributed by atoms with Gasteiger partial charge in [0.15, 0.2) is 44.0 Å². The number of methoxy groups -OCH3 is 14. The van der Waals surface area contributed by atoms with Crippen molar-refractivity contribution in [2.75, 3.05) is 232 Å². The third-order valence-corrected chi connectivity index (χ3v) is 29.3. The van der Waals surface area contributed by atoms with Crippen molar-refractivity contribution in [2.45, 2.75) is 260 Å². The summed E-state index contributed by atoms with van der Waals surface area (Å²) in [5.41, 5.74) is 0. The molecule has 21 rings (SSSR count). The second-order valence-electron chi connectivity index (χ2n) is 33.1. The monoisotopic (exact) mass is 2450 g/mol. The first kappa shape index (κ1) is 154. The Bertz CT molecular complexity index is 3680. The van der Waals surface area contributed by atoms with Crippen molar-refractivity contribution in [2.24, 2.45) is 0 Å². The summed E-state index contributed by atoms with van der Waals surface area (Å²) in [7, 11) is -16.4. The summed E-state index contributed by atoms with van der Waals surface area (Å²) in [5, 5.41) is 0. The van der Waals surface area contributed by atoms with Crippen LogP contribution in [-0.4, -0.2) is 538 Å². The van der Waals surface area contributed by atoms with Crippen molar-refractivity contribution in [3.63, 3.8) is 0 Å². The summed E-state index contributed by atoms with van der Waals surface area (Å²) >= 11 is 0. The topological polar surface area (TPSA) is 723 Å². The summed E-state index contributed by atoms with van der Waals surface area (Å²) in [6.45, 7) is -7.08. The number of hydrogen-bond acceptors (Lipinski definition) is 56. The van der Waals surface area contributed by atoms with Gasteiger partial charge in [-0.05, 0) is 44.9 Å². The first-order valence-electron chi connectivity index (χ1n) is 44.4. The van der Waals surface area contributed by atoms with E-state index in [1.165, 1.54) is 99.5 Å². The largest absolute Gasteiger partial charge is 1.00 e. The van der Waals surface area contributed by atoms with Crippen LogP contribution in [-0.2, 0) is 237 Å². The molecule has 0 aromatic carbocycles. The van der Waals surface area contributed by atoms with Gasteiger partial charge in [-0.1, -0.05) is 0 Å². The standard InChI is InChI=1S/C77H140O56S7.7K/c1-99-57-50-43(36-113-22-15-29-134(78,79)80)120-71(64(57)106-8)128-51-44(37-114-23-16-30-135(81,82)83)122-73(66(108-10)58(51)100-2)130-53-46(39-116-25-18-32-137(87,88)89)124-75(68(110-12)60(53)102-4)132-55-48(41-118-27-20-34-139(93,94)95)126-77(70(112-14)62(55)104-6)133-56-49(42-119-28-21-35-140(96,97)98)125-76(69(111-13)63(56)105-7)131-54-47(40-117-26-19-33-138(90,91)92)123-74(67(109-11)61(54)103-5)129-52-45(38-115-24-17-31-136(84,85)86)121-72(127-50)65(107-9)59(52)101-3;;;;;;;/h43-77H,15-42H2,1-14H3,(H,78,79,80)(H,81,82,83)(H,84,85,86)(H,87,88,89)(H,90,91,92)(H,93,94,95)(H,96,97,98);;;;;;;/q;7*+1/p-7/t43-,44-,45-,46-,47-,48-,49-,50-,51-,52-,53-,54-,55-,56-,57-,58-,59-,60+,61+,62+,63+,64-,65-,66-,67-,68-,69-,70-,71-,72-,73-,74-,75-,76-,77-;;;;;;;/m1......./s1. The fourth-order valence-electron chi connectivity index (χ4n) is 17.5. The van der Waals surface area contributed by atoms with Gasteiger partial charge >= 0.3 is 360 Å². The Kier molecular flexibility index (Phi) is 80.9. The van der Waals surface area contributed by atoms with Crippen molar-refractivity contribution in [1.82, 2.24) is 0 Å². The predicted octanol–water partition coefficient (Wildman–Crippen LogP) is -27.3. The average molecular weight is 2450 g/mol. The van der Waals surface area contributed by atoms with Gasteiger partial charge in [-0.15, -0.1) is 0 Å². The molecule has 70 heteroatoms. The van der Waals surface area contributed by atoms with Crippen molar-refractivity contribution < 1.29 is 616 Å². The molecule has 0 N–H and O–H groups in total. The maximum absolute atomic E-state index is 12.0. The molecule has 21 heterocycles. The number of rotatable bonds is 56. The van der Waals surface area contributed by atoms with Gasteiger partial charge in [0.25, 0.3) is 0 Å². The van der Waals surface area contributed by atoms with E-state index in [1.54, 1.807) is 0 Å². The molecule has 21 saturated heterocycles. The summed E-state index contributed by atoms with van der Waals surface area (Å²) in [6.07, 6.45) is -57.0. The minimum absolute atomic E-state index is 0. The van der Waals surface area contributed by atoms with Gasteiger partial charge in [-0.2, -0.15) is 0 Å². The van der Waals surface area contributed by atoms with Gasteiger partial charge in [0.05, 0.1) is 117 Å². The van der Waals surface area contributed by atoms with Crippen LogP contribution >= 0.6 is 0 Å². The maximum atomic E-state index is 12.0. The van der Waals surface area contributed by atoms with Crippen molar-refractivity contribution >= 4 is 70.8 Å². The van der Waals surface area contributed by atoms with E-state index in [0.717, 1.165) is 0 Å². The molecule has 14 bridgehead atoms. The molecule has 0 radical (unpaired) electrons. The van der Waals surface area contributed by atoms with E-state index in [2.05, 4.69) is 0 Å². The van der Waals surface area contributed by atoms with Crippen molar-refractivity contribution in [3.05, 3.63) is 0 Å². The molecule has 21 aliphatic heterocycles. The van der Waals surface area contributed by atoms with Gasteiger partial charge in [-0.3, -0.25) is 0 Å². The minimum atomic E-state index is -4.82. The van der Waals surface area contributed by atoms with E-state index in [9.17, 15) is 90.8 Å². The minimum Gasteiger partial charge on any atom is -0.748 e. The first-order valence-corrected chi connectivity index (χ1v) is 55.4. The fourth-order valence-corrected chi connectivity index (χ4v) is 20.8. The van der Waals surface area contributed by atoms with E-state index >= 15 is 0 Å². The molecule has 0 aromatic heterocycles. The van der Waals surface area contributed by atoms with Crippen LogP contribution in [0.15, 0.2) is 0 Å². The van der Waals surface area contributed by atoms with Crippen LogP contribution in [0.1, 0.15) is 44.9 Å². The Morgan fingerprint density at radius 2 is 0.259 bits per heavy atom. The molecule has 147 heavy (non-hydrogen) atoms. The third kappa shape index (κ3) is 50.8. The molecule has 0 saturated carbocycles. The van der Waals surface area contributed by atoms with E-state index in [4.69, 9.17) is 166 Å². The van der Waals surface area contributed by atoms with Crippen molar-refractivity contribution in [1.29, 1.82) is 0 Å². The number of ether oxygens (including phenoxy) is 35. The zero-order valence-electron chi connectivity index (χ0n) is 86.7. The Morgan fingerprint density at radius 3 is 0.340 bits per heavy atom. The summed E-state index contributed by atoms with van der Waals surface area (Å²) in [5.74, 6) is -6.19. The van der Waals surface area contributed by atoms with E-state index in [0.29, 0.717) is 0 Å². The van der Waals surface area contributed by atoms with Crippen LogP contribution in [0.25, 0.3) is 0 Å². The van der Waals surface area contributed by atoms with Crippen molar-refractivity contribution in [3.8, 4) is 0 Å². The molecule has 0 amide bonds. The summed E-state index contributed by atoms with van der Waals surface area (Å²) in [6, 6.07) is 0. The van der Waals surface area contributed by atoms with Gasteiger partial charge in [0.2, 0.25) is 0 Å². The van der Waals surface area contributed by atoms with Gasteiger partial charge in [0.1, 0.15) is 171 Å². The Balaban J connectivity index is 0.0000154. The SMILES string of the molecule is CO[C@@H]1[C@@H](OC)[C@H]2O[C@H]3[C@H](OC)[C@@H](OC)[C@@H](O[C@H]4[C@@H](OC)[C@@H](OC)[C@@H](O[C@H]5[C@@H](OC)[C@@H](OC)[C@@H](O[C@H]6[C@@H](OC)[C@@H](OC)[C@@H](O[C@H]7[C@H](OC)[C@@H](OC)[C@@H](O[C@H]8[C@H](OC)[C@@H](OC)[C@@H](O[C@@H]1[C@@H](COCCCS(=O)(=O)[O-])O2)O[C@@H]8COCCCS(=O)(=O)[O-])O[C@@H]7COCCCS(=O)(=O)[O-])O[C@@H]6COCCCS(=O)(=O)[O-])O[C@@H]5COCCCS(=O)(=O)[O-])O[C@@H]4COCCCS(=O)(=O)[O-])O[C@@H]3COCCCS(=O)(=O)[O-].[K+].[K+].[K+].[K+].[K+].[K+].[K+]. The Hall–Kier alpha value is 9.42. The molecule has 0 aromatic rings. The molecular weight excluding hydrogens is 2320 g/mol. The zero-order valence-corrected chi connectivity index (χ0v) is 114. The molecule has 826 valence electrons. The van der Waals surface area contributed by atoms with Gasteiger partial charge in [-0.25, -0.2) is 58.9 Å². The molecule has 0 aliphatic carbocycles. The smallest absolute Gasteiger partial charge is 0.748 e. The molecule has 21 aliphatic rings. The molecule has 0 unspecified atom stereocenters. The van der Waals surface area contributed by atoms with E-state index in [1.807, 2.05) is 0 Å². The molecule has 21 fully saturated rings. The summed E-state index contributed by atoms with van der Waals surface area (Å²) < 4.78 is 479. The molecular formula is C77H133K7O56S7. The average Bonchev–Trinajstić information content (AvgIpc) is 0.775. The van der Waals surface area contributed by atoms with Crippen LogP contribution in [0, 0.1) is 0 Å². The van der Waals surface area contributed by atoms with Gasteiger partial charge < -0.3 is 198 Å². The van der Waals surface area contributed by atoms with E-state index < -0.39 is 419 Å². The Labute approximate surface area is 1160 Å². The fraction of sp³-hybridized carbons (Fsp3) is 1.00. The third-order valence-electron chi connectivity index (χ3n) is 23.7. The summed E-state index contributed by atoms with van der Waals surface area (Å²) in [4.78, 5) is 0. The second-order valence-corrected chi connectivity index (χ2v) is 43.8. The normalized spacial score (nSPS) is 34.9. The quantitative estimate of drug-likeness (QED) is 0.0310. The van der Waals surface area contributed by atoms with Crippen LogP contribution in [0.4, 0.5) is 0 Å². The molecule has 0 spiro atoms. The maximum Gasteiger partial charge on any atom is 1.00 e. The molecule has 56 nitrogen and oxygen atoms in total. The zero-order chi connectivity index (χ0) is 103. The number of hydrogen-bond donors (Lipinski definition) is 0. The van der Waals surface area contributed by atoms with Crippen LogP contribution in [0.2, 0.25) is 0 Å². The van der Waals surface area contributed by atoms with E-state index in [-0.39, 0.29) is 405 Å².